The number of ether oxygens (including phenoxy) is 2. The zero-order valence-electron chi connectivity index (χ0n) is 12.3. The third-order valence-corrected chi connectivity index (χ3v) is 3.17. The lowest BCUT2D eigenvalue weighted by Crippen LogP contribution is -2.20. The highest BCUT2D eigenvalue weighted by molar-refractivity contribution is 7.80. The topological polar surface area (TPSA) is 59.6 Å². The molecule has 0 spiro atoms. The lowest BCUT2D eigenvalue weighted by Gasteiger charge is -2.15. The zero-order chi connectivity index (χ0) is 15.9. The van der Waals surface area contributed by atoms with E-state index in [1.54, 1.807) is 32.4 Å². The fraction of sp³-hybridized carbons (Fsp3) is 0.125. The minimum Gasteiger partial charge on any atom is -0.495 e. The first-order valence-corrected chi connectivity index (χ1v) is 6.93. The molecule has 0 aliphatic carbocycles. The van der Waals surface area contributed by atoms with E-state index in [9.17, 15) is 4.79 Å². The lowest BCUT2D eigenvalue weighted by molar-refractivity contribution is 0.112. The van der Waals surface area contributed by atoms with E-state index in [0.717, 1.165) is 12.0 Å². The molecule has 0 aromatic heterocycles. The van der Waals surface area contributed by atoms with Gasteiger partial charge >= 0.3 is 0 Å². The van der Waals surface area contributed by atoms with E-state index < -0.39 is 0 Å². The summed E-state index contributed by atoms with van der Waals surface area (Å²) >= 11 is 5.29. The number of rotatable bonds is 5. The second kappa shape index (κ2) is 7.42. The molecule has 2 aromatic carbocycles. The van der Waals surface area contributed by atoms with Crippen molar-refractivity contribution in [2.45, 2.75) is 0 Å². The highest BCUT2D eigenvalue weighted by Crippen LogP contribution is 2.26. The van der Waals surface area contributed by atoms with Gasteiger partial charge in [-0.1, -0.05) is 12.1 Å². The standard InChI is InChI=1S/C16H16N2O3S/c1-20-14-6-4-3-5-12(14)17-16(22)18-13-9-11(10-19)7-8-15(13)21-2/h3-10H,1-2H3,(H2,17,18,22). The summed E-state index contributed by atoms with van der Waals surface area (Å²) < 4.78 is 10.5. The van der Waals surface area contributed by atoms with Gasteiger partial charge in [0.1, 0.15) is 17.8 Å². The fourth-order valence-electron chi connectivity index (χ4n) is 1.92. The number of nitrogens with one attached hydrogen (secondary N) is 2. The second-order valence-electron chi connectivity index (χ2n) is 4.36. The number of carbonyl (C=O) groups is 1. The van der Waals surface area contributed by atoms with Crippen molar-refractivity contribution in [1.82, 2.24) is 0 Å². The van der Waals surface area contributed by atoms with E-state index >= 15 is 0 Å². The van der Waals surface area contributed by atoms with Crippen LogP contribution in [0.2, 0.25) is 0 Å². The number of methoxy groups -OCH3 is 2. The first kappa shape index (κ1) is 15.8. The van der Waals surface area contributed by atoms with Crippen molar-refractivity contribution in [3.05, 3.63) is 48.0 Å². The van der Waals surface area contributed by atoms with Gasteiger partial charge in [0.2, 0.25) is 0 Å². The molecule has 5 nitrogen and oxygen atoms in total. The average Bonchev–Trinajstić information content (AvgIpc) is 2.55. The minimum absolute atomic E-state index is 0.367. The van der Waals surface area contributed by atoms with Gasteiger partial charge in [-0.25, -0.2) is 0 Å². The molecule has 6 heteroatoms. The normalized spacial score (nSPS) is 9.73. The number of para-hydroxylation sites is 2. The molecule has 0 saturated carbocycles. The van der Waals surface area contributed by atoms with Crippen LogP contribution in [-0.2, 0) is 0 Å². The van der Waals surface area contributed by atoms with E-state index in [2.05, 4.69) is 10.6 Å². The number of benzene rings is 2. The van der Waals surface area contributed by atoms with Gasteiger partial charge in [-0.2, -0.15) is 0 Å². The summed E-state index contributed by atoms with van der Waals surface area (Å²) in [6, 6.07) is 12.5. The van der Waals surface area contributed by atoms with E-state index in [4.69, 9.17) is 21.7 Å². The Hall–Kier alpha value is -2.60. The van der Waals surface area contributed by atoms with Gasteiger partial charge in [0, 0.05) is 5.56 Å². The van der Waals surface area contributed by atoms with Crippen LogP contribution in [-0.4, -0.2) is 25.6 Å². The molecule has 0 heterocycles. The Morgan fingerprint density at radius 3 is 2.32 bits per heavy atom. The second-order valence-corrected chi connectivity index (χ2v) is 4.77. The number of anilines is 2. The van der Waals surface area contributed by atoms with Crippen LogP contribution in [0.1, 0.15) is 10.4 Å². The third kappa shape index (κ3) is 3.73. The van der Waals surface area contributed by atoms with Crippen molar-refractivity contribution in [3.8, 4) is 11.5 Å². The van der Waals surface area contributed by atoms with Crippen molar-refractivity contribution in [2.24, 2.45) is 0 Å². The van der Waals surface area contributed by atoms with Crippen LogP contribution < -0.4 is 20.1 Å². The Morgan fingerprint density at radius 1 is 1.00 bits per heavy atom. The summed E-state index contributed by atoms with van der Waals surface area (Å²) in [6.07, 6.45) is 0.765. The highest BCUT2D eigenvalue weighted by atomic mass is 32.1. The van der Waals surface area contributed by atoms with Crippen LogP contribution in [0.5, 0.6) is 11.5 Å². The van der Waals surface area contributed by atoms with E-state index in [1.807, 2.05) is 24.3 Å². The Morgan fingerprint density at radius 2 is 1.64 bits per heavy atom. The number of carbonyl (C=O) groups excluding carboxylic acids is 1. The zero-order valence-corrected chi connectivity index (χ0v) is 13.1. The van der Waals surface area contributed by atoms with Crippen molar-refractivity contribution in [2.75, 3.05) is 24.9 Å². The Balaban J connectivity index is 2.16. The molecule has 0 unspecified atom stereocenters. The fourth-order valence-corrected chi connectivity index (χ4v) is 2.14. The summed E-state index contributed by atoms with van der Waals surface area (Å²) in [6.45, 7) is 0. The molecule has 0 aliphatic heterocycles. The van der Waals surface area contributed by atoms with E-state index in [-0.39, 0.29) is 0 Å². The largest absolute Gasteiger partial charge is 0.495 e. The molecule has 0 bridgehead atoms. The molecule has 0 amide bonds. The van der Waals surface area contributed by atoms with Gasteiger partial charge in [-0.05, 0) is 42.5 Å². The van der Waals surface area contributed by atoms with Gasteiger partial charge in [0.15, 0.2) is 5.11 Å². The molecule has 0 fully saturated rings. The maximum absolute atomic E-state index is 10.9. The van der Waals surface area contributed by atoms with Crippen molar-refractivity contribution in [3.63, 3.8) is 0 Å². The quantitative estimate of drug-likeness (QED) is 0.652. The van der Waals surface area contributed by atoms with Crippen LogP contribution in [0, 0.1) is 0 Å². The first-order valence-electron chi connectivity index (χ1n) is 6.52. The van der Waals surface area contributed by atoms with Crippen molar-refractivity contribution in [1.29, 1.82) is 0 Å². The minimum atomic E-state index is 0.367. The van der Waals surface area contributed by atoms with Crippen LogP contribution in [0.15, 0.2) is 42.5 Å². The molecule has 114 valence electrons. The summed E-state index contributed by atoms with van der Waals surface area (Å²) in [4.78, 5) is 10.9. The summed E-state index contributed by atoms with van der Waals surface area (Å²) in [7, 11) is 3.14. The monoisotopic (exact) mass is 316 g/mol. The molecule has 0 radical (unpaired) electrons. The predicted octanol–water partition coefficient (Wildman–Crippen LogP) is 3.33. The molecular weight excluding hydrogens is 300 g/mol. The summed E-state index contributed by atoms with van der Waals surface area (Å²) in [5.41, 5.74) is 1.89. The molecule has 2 rings (SSSR count). The van der Waals surface area contributed by atoms with Crippen molar-refractivity contribution < 1.29 is 14.3 Å². The lowest BCUT2D eigenvalue weighted by atomic mass is 10.2. The maximum atomic E-state index is 10.9. The maximum Gasteiger partial charge on any atom is 0.175 e. The van der Waals surface area contributed by atoms with E-state index in [1.165, 1.54) is 0 Å². The van der Waals surface area contributed by atoms with Crippen molar-refractivity contribution >= 4 is 35.0 Å². The summed E-state index contributed by atoms with van der Waals surface area (Å²) in [5.74, 6) is 1.27. The number of hydrogen-bond donors (Lipinski definition) is 2. The van der Waals surface area contributed by atoms with Crippen LogP contribution in [0.3, 0.4) is 0 Å². The van der Waals surface area contributed by atoms with Crippen LogP contribution >= 0.6 is 12.2 Å². The Labute approximate surface area is 134 Å². The summed E-state index contributed by atoms with van der Waals surface area (Å²) in [5, 5.41) is 6.43. The third-order valence-electron chi connectivity index (χ3n) is 2.96. The van der Waals surface area contributed by atoms with Gasteiger partial charge < -0.3 is 20.1 Å². The number of aldehydes is 1. The first-order chi connectivity index (χ1) is 10.7. The number of thiocarbonyl (C=S) groups is 1. The van der Waals surface area contributed by atoms with E-state index in [0.29, 0.717) is 27.9 Å². The average molecular weight is 316 g/mol. The molecule has 0 atom stereocenters. The molecule has 2 N–H and O–H groups in total. The Bertz CT molecular complexity index is 689. The number of hydrogen-bond acceptors (Lipinski definition) is 4. The molecule has 0 saturated heterocycles. The smallest absolute Gasteiger partial charge is 0.175 e. The van der Waals surface area contributed by atoms with Gasteiger partial charge in [0.05, 0.1) is 25.6 Å². The molecule has 2 aromatic rings. The molecule has 22 heavy (non-hydrogen) atoms. The van der Waals surface area contributed by atoms with Crippen LogP contribution in [0.4, 0.5) is 11.4 Å². The van der Waals surface area contributed by atoms with Gasteiger partial charge in [-0.15, -0.1) is 0 Å². The SMILES string of the molecule is COc1ccccc1NC(=S)Nc1cc(C=O)ccc1OC. The highest BCUT2D eigenvalue weighted by Gasteiger charge is 2.08. The molecular formula is C16H16N2O3S. The predicted molar refractivity (Wildman–Crippen MR) is 91.2 cm³/mol. The Kier molecular flexibility index (Phi) is 5.32. The van der Waals surface area contributed by atoms with Crippen LogP contribution in [0.25, 0.3) is 0 Å². The van der Waals surface area contributed by atoms with Gasteiger partial charge in [0.25, 0.3) is 0 Å². The molecule has 0 aliphatic rings. The van der Waals surface area contributed by atoms with Gasteiger partial charge in [-0.3, -0.25) is 4.79 Å².